The molecule has 0 radical (unpaired) electrons. The molecule has 0 aliphatic heterocycles. The fourth-order valence-electron chi connectivity index (χ4n) is 3.35. The zero-order chi connectivity index (χ0) is 21.8. The van der Waals surface area contributed by atoms with Gasteiger partial charge in [0.1, 0.15) is 11.6 Å². The van der Waals surface area contributed by atoms with Crippen LogP contribution in [0, 0.1) is 5.92 Å². The number of para-hydroxylation sites is 2. The van der Waals surface area contributed by atoms with Crippen LogP contribution < -0.4 is 10.1 Å². The maximum Gasteiger partial charge on any atom is 0.227 e. The molecule has 0 saturated heterocycles. The third-order valence-corrected chi connectivity index (χ3v) is 5.07. The zero-order valence-corrected chi connectivity index (χ0v) is 17.8. The largest absolute Gasteiger partial charge is 0.497 e. The van der Waals surface area contributed by atoms with Gasteiger partial charge in [0, 0.05) is 18.4 Å². The molecule has 2 aromatic heterocycles. The summed E-state index contributed by atoms with van der Waals surface area (Å²) in [5.74, 6) is 2.50. The Kier molecular flexibility index (Phi) is 5.97. The Hall–Kier alpha value is -3.68. The van der Waals surface area contributed by atoms with E-state index in [-0.39, 0.29) is 24.3 Å². The van der Waals surface area contributed by atoms with Gasteiger partial charge in [-0.15, -0.1) is 0 Å². The fraction of sp³-hybridized carbons (Fsp3) is 0.304. The molecule has 31 heavy (non-hydrogen) atoms. The van der Waals surface area contributed by atoms with Gasteiger partial charge in [-0.25, -0.2) is 4.98 Å². The third kappa shape index (κ3) is 4.74. The van der Waals surface area contributed by atoms with Crippen LogP contribution in [-0.4, -0.2) is 33.1 Å². The maximum atomic E-state index is 12.6. The van der Waals surface area contributed by atoms with E-state index in [0.717, 1.165) is 28.2 Å². The number of benzene rings is 2. The molecule has 1 amide bonds. The number of amides is 1. The lowest BCUT2D eigenvalue weighted by molar-refractivity contribution is -0.122. The normalized spacial score (nSPS) is 12.3. The predicted molar refractivity (Wildman–Crippen MR) is 116 cm³/mol. The predicted octanol–water partition coefficient (Wildman–Crippen LogP) is 4.07. The molecule has 4 aromatic rings. The number of hydrogen-bond donors (Lipinski definition) is 2. The summed E-state index contributed by atoms with van der Waals surface area (Å²) >= 11 is 0. The monoisotopic (exact) mass is 419 g/mol. The van der Waals surface area contributed by atoms with Crippen LogP contribution in [0.25, 0.3) is 22.4 Å². The van der Waals surface area contributed by atoms with Gasteiger partial charge in [0.2, 0.25) is 17.6 Å². The van der Waals surface area contributed by atoms with Gasteiger partial charge in [0.05, 0.1) is 24.2 Å². The first-order valence-electron chi connectivity index (χ1n) is 10.2. The number of aryl methyl sites for hydroxylation is 1. The van der Waals surface area contributed by atoms with E-state index in [4.69, 9.17) is 9.26 Å². The highest BCUT2D eigenvalue weighted by atomic mass is 16.5. The summed E-state index contributed by atoms with van der Waals surface area (Å²) in [5, 5.41) is 7.09. The lowest BCUT2D eigenvalue weighted by Crippen LogP contribution is -2.32. The molecule has 0 fully saturated rings. The van der Waals surface area contributed by atoms with Crippen molar-refractivity contribution in [1.29, 1.82) is 0 Å². The highest BCUT2D eigenvalue weighted by Gasteiger charge is 2.22. The quantitative estimate of drug-likeness (QED) is 0.446. The second-order valence-electron chi connectivity index (χ2n) is 7.67. The van der Waals surface area contributed by atoms with Crippen LogP contribution in [0.3, 0.4) is 0 Å². The maximum absolute atomic E-state index is 12.6. The zero-order valence-electron chi connectivity index (χ0n) is 17.8. The Labute approximate surface area is 180 Å². The molecule has 8 heteroatoms. The van der Waals surface area contributed by atoms with Gasteiger partial charge in [0.15, 0.2) is 0 Å². The van der Waals surface area contributed by atoms with Crippen molar-refractivity contribution in [3.63, 3.8) is 0 Å². The molecule has 8 nitrogen and oxygen atoms in total. The van der Waals surface area contributed by atoms with Gasteiger partial charge in [-0.3, -0.25) is 4.79 Å². The van der Waals surface area contributed by atoms with Crippen molar-refractivity contribution in [2.75, 3.05) is 7.11 Å². The van der Waals surface area contributed by atoms with Gasteiger partial charge < -0.3 is 19.6 Å². The van der Waals surface area contributed by atoms with Crippen molar-refractivity contribution < 1.29 is 14.1 Å². The minimum absolute atomic E-state index is 0.0941. The number of methoxy groups -OCH3 is 1. The second kappa shape index (κ2) is 8.99. The van der Waals surface area contributed by atoms with Crippen LogP contribution >= 0.6 is 0 Å². The highest BCUT2D eigenvalue weighted by molar-refractivity contribution is 5.77. The Morgan fingerprint density at radius 1 is 1.13 bits per heavy atom. The number of nitrogens with one attached hydrogen (secondary N) is 2. The van der Waals surface area contributed by atoms with Gasteiger partial charge in [-0.2, -0.15) is 4.98 Å². The first kappa shape index (κ1) is 20.6. The number of carbonyl (C=O) groups excluding carboxylic acids is 1. The second-order valence-corrected chi connectivity index (χ2v) is 7.67. The number of fused-ring (bicyclic) bond motifs is 1. The van der Waals surface area contributed by atoms with Crippen LogP contribution in [0.4, 0.5) is 0 Å². The summed E-state index contributed by atoms with van der Waals surface area (Å²) in [4.78, 5) is 24.9. The number of rotatable bonds is 8. The highest BCUT2D eigenvalue weighted by Crippen LogP contribution is 2.23. The smallest absolute Gasteiger partial charge is 0.227 e. The molecule has 2 aromatic carbocycles. The molecule has 2 N–H and O–H groups in total. The SMILES string of the molecule is COc1ccc(-c2noc(CCC(=O)N[C@H](c3nc4ccccc4[nH]3)C(C)C)n2)cc1. The van der Waals surface area contributed by atoms with Crippen molar-refractivity contribution in [1.82, 2.24) is 25.4 Å². The van der Waals surface area contributed by atoms with E-state index in [1.54, 1.807) is 7.11 Å². The van der Waals surface area contributed by atoms with Crippen molar-refractivity contribution in [3.05, 3.63) is 60.2 Å². The molecule has 0 spiro atoms. The number of aromatic amines is 1. The van der Waals surface area contributed by atoms with E-state index in [9.17, 15) is 4.79 Å². The summed E-state index contributed by atoms with van der Waals surface area (Å²) < 4.78 is 10.5. The molecule has 0 unspecified atom stereocenters. The molecule has 0 bridgehead atoms. The van der Waals surface area contributed by atoms with E-state index in [0.29, 0.717) is 18.1 Å². The van der Waals surface area contributed by atoms with Gasteiger partial charge in [-0.1, -0.05) is 31.1 Å². The van der Waals surface area contributed by atoms with Crippen LogP contribution in [0.1, 0.15) is 38.0 Å². The van der Waals surface area contributed by atoms with E-state index in [1.165, 1.54) is 0 Å². The van der Waals surface area contributed by atoms with Crippen molar-refractivity contribution in [3.8, 4) is 17.1 Å². The number of carbonyl (C=O) groups is 1. The number of aromatic nitrogens is 4. The molecule has 0 aliphatic rings. The number of ether oxygens (including phenoxy) is 1. The molecule has 0 aliphatic carbocycles. The van der Waals surface area contributed by atoms with Crippen LogP contribution in [0.5, 0.6) is 5.75 Å². The average Bonchev–Trinajstić information content (AvgIpc) is 3.43. The average molecular weight is 419 g/mol. The first-order chi connectivity index (χ1) is 15.0. The van der Waals surface area contributed by atoms with Crippen LogP contribution in [0.2, 0.25) is 0 Å². The molecule has 0 saturated carbocycles. The van der Waals surface area contributed by atoms with Crippen molar-refractivity contribution in [2.45, 2.75) is 32.7 Å². The summed E-state index contributed by atoms with van der Waals surface area (Å²) in [7, 11) is 1.62. The minimum atomic E-state index is -0.211. The molecule has 2 heterocycles. The van der Waals surface area contributed by atoms with Crippen molar-refractivity contribution >= 4 is 16.9 Å². The standard InChI is InChI=1S/C23H25N5O3/c1-14(2)21(23-24-17-6-4-5-7-18(17)25-23)26-19(29)12-13-20-27-22(28-31-20)15-8-10-16(30-3)11-9-15/h4-11,14,21H,12-13H2,1-3H3,(H,24,25)(H,26,29)/t21-/m0/s1. The van der Waals surface area contributed by atoms with Gasteiger partial charge >= 0.3 is 0 Å². The Balaban J connectivity index is 1.38. The Morgan fingerprint density at radius 3 is 2.61 bits per heavy atom. The number of nitrogens with zero attached hydrogens (tertiary/aromatic N) is 3. The molecule has 4 rings (SSSR count). The number of hydrogen-bond acceptors (Lipinski definition) is 6. The first-order valence-corrected chi connectivity index (χ1v) is 10.2. The molecular formula is C23H25N5O3. The van der Waals surface area contributed by atoms with E-state index in [1.807, 2.05) is 48.5 Å². The summed E-state index contributed by atoms with van der Waals surface area (Å²) in [6.45, 7) is 4.11. The third-order valence-electron chi connectivity index (χ3n) is 5.07. The number of H-pyrrole nitrogens is 1. The number of imidazole rings is 1. The van der Waals surface area contributed by atoms with Crippen molar-refractivity contribution in [2.24, 2.45) is 5.92 Å². The van der Waals surface area contributed by atoms with E-state index < -0.39 is 0 Å². The lowest BCUT2D eigenvalue weighted by Gasteiger charge is -2.20. The summed E-state index contributed by atoms with van der Waals surface area (Å²) in [5.41, 5.74) is 2.66. The molecular weight excluding hydrogens is 394 g/mol. The minimum Gasteiger partial charge on any atom is -0.497 e. The topological polar surface area (TPSA) is 106 Å². The molecule has 160 valence electrons. The van der Waals surface area contributed by atoms with Gasteiger partial charge in [-0.05, 0) is 42.3 Å². The fourth-order valence-corrected chi connectivity index (χ4v) is 3.35. The Bertz CT molecular complexity index is 1130. The van der Waals surface area contributed by atoms with E-state index in [2.05, 4.69) is 39.3 Å². The summed E-state index contributed by atoms with van der Waals surface area (Å²) in [6.07, 6.45) is 0.605. The van der Waals surface area contributed by atoms with E-state index >= 15 is 0 Å². The Morgan fingerprint density at radius 2 is 1.90 bits per heavy atom. The lowest BCUT2D eigenvalue weighted by atomic mass is 10.0. The van der Waals surface area contributed by atoms with Gasteiger partial charge in [0.25, 0.3) is 0 Å². The van der Waals surface area contributed by atoms with Crippen LogP contribution in [0.15, 0.2) is 53.1 Å². The summed E-state index contributed by atoms with van der Waals surface area (Å²) in [6, 6.07) is 15.0. The molecule has 1 atom stereocenters. The van der Waals surface area contributed by atoms with Crippen LogP contribution in [-0.2, 0) is 11.2 Å².